The van der Waals surface area contributed by atoms with Gasteiger partial charge < -0.3 is 33.8 Å². The number of carbonyl (C=O) groups excluding carboxylic acids is 4. The van der Waals surface area contributed by atoms with E-state index in [0.29, 0.717) is 37.5 Å². The van der Waals surface area contributed by atoms with Gasteiger partial charge >= 0.3 is 39.5 Å². The number of hydrogen-bond donors (Lipinski definition) is 3. The highest BCUT2D eigenvalue weighted by atomic mass is 31.2. The van der Waals surface area contributed by atoms with E-state index < -0.39 is 97.5 Å². The number of phosphoric acid groups is 2. The van der Waals surface area contributed by atoms with Crippen LogP contribution in [0.5, 0.6) is 0 Å². The minimum atomic E-state index is -4.95. The Morgan fingerprint density at radius 1 is 0.278 bits per heavy atom. The number of hydrogen-bond acceptors (Lipinski definition) is 15. The summed E-state index contributed by atoms with van der Waals surface area (Å²) in [6, 6.07) is 0. The SMILES string of the molecule is CC(C)CCCCCCCCCCCCCCCC(=O)O[C@H](COC(=O)CCCCCCCCCC(C)C)COP(=O)(O)OCC(O)COP(=O)(O)OC[C@@H](COC(=O)CCCCCCCCC(C)C)OC(=O)CCCCCCCCCCCCCCC(C)C. The molecule has 0 fully saturated rings. The van der Waals surface area contributed by atoms with Gasteiger partial charge in [-0.05, 0) is 49.4 Å². The lowest BCUT2D eigenvalue weighted by Gasteiger charge is -2.21. The van der Waals surface area contributed by atoms with Crippen LogP contribution in [0.25, 0.3) is 0 Å². The summed E-state index contributed by atoms with van der Waals surface area (Å²) in [4.78, 5) is 72.5. The lowest BCUT2D eigenvalue weighted by atomic mass is 10.0. The molecule has 0 amide bonds. The highest BCUT2D eigenvalue weighted by Gasteiger charge is 2.30. The van der Waals surface area contributed by atoms with Gasteiger partial charge in [-0.15, -0.1) is 0 Å². The predicted octanol–water partition coefficient (Wildman–Crippen LogP) is 20.1. The van der Waals surface area contributed by atoms with Crippen LogP contribution in [0.2, 0.25) is 0 Å². The minimum absolute atomic E-state index is 0.105. The van der Waals surface area contributed by atoms with Crippen LogP contribution in [0.1, 0.15) is 351 Å². The normalized spacial score (nSPS) is 14.3. The summed E-state index contributed by atoms with van der Waals surface area (Å²) in [5, 5.41) is 10.6. The van der Waals surface area contributed by atoms with Gasteiger partial charge in [0, 0.05) is 25.7 Å². The molecular weight excluding hydrogens is 1190 g/mol. The second-order valence-corrected chi connectivity index (χ2v) is 30.4. The van der Waals surface area contributed by atoms with Gasteiger partial charge in [0.25, 0.3) is 0 Å². The highest BCUT2D eigenvalue weighted by Crippen LogP contribution is 2.45. The van der Waals surface area contributed by atoms with Crippen LogP contribution < -0.4 is 0 Å². The van der Waals surface area contributed by atoms with Crippen molar-refractivity contribution < 1.29 is 80.2 Å². The Bertz CT molecular complexity index is 1780. The van der Waals surface area contributed by atoms with Crippen LogP contribution in [0, 0.1) is 23.7 Å². The molecule has 0 spiro atoms. The molecule has 0 heterocycles. The summed E-state index contributed by atoms with van der Waals surface area (Å²) in [6.45, 7) is 14.0. The van der Waals surface area contributed by atoms with E-state index in [1.165, 1.54) is 141 Å². The molecule has 19 heteroatoms. The molecule has 0 saturated carbocycles. The third-order valence-electron chi connectivity index (χ3n) is 16.3. The Labute approximate surface area is 549 Å². The van der Waals surface area contributed by atoms with Crippen molar-refractivity contribution in [3.05, 3.63) is 0 Å². The van der Waals surface area contributed by atoms with E-state index in [1.54, 1.807) is 0 Å². The molecule has 0 radical (unpaired) electrons. The van der Waals surface area contributed by atoms with Crippen LogP contribution in [-0.4, -0.2) is 96.7 Å². The fourth-order valence-corrected chi connectivity index (χ4v) is 12.2. The van der Waals surface area contributed by atoms with Gasteiger partial charge in [-0.3, -0.25) is 37.3 Å². The first-order valence-electron chi connectivity index (χ1n) is 36.7. The average Bonchev–Trinajstić information content (AvgIpc) is 2.21. The lowest BCUT2D eigenvalue weighted by Crippen LogP contribution is -2.30. The van der Waals surface area contributed by atoms with Gasteiger partial charge in [-0.1, -0.05) is 299 Å². The first-order chi connectivity index (χ1) is 43.1. The van der Waals surface area contributed by atoms with Gasteiger partial charge in [0.15, 0.2) is 12.2 Å². The minimum Gasteiger partial charge on any atom is -0.462 e. The topological polar surface area (TPSA) is 237 Å². The number of rotatable bonds is 68. The van der Waals surface area contributed by atoms with Crippen molar-refractivity contribution in [2.24, 2.45) is 23.7 Å². The third-order valence-corrected chi connectivity index (χ3v) is 18.2. The Balaban J connectivity index is 5.22. The van der Waals surface area contributed by atoms with E-state index >= 15 is 0 Å². The van der Waals surface area contributed by atoms with Crippen molar-refractivity contribution in [1.82, 2.24) is 0 Å². The molecule has 17 nitrogen and oxygen atoms in total. The van der Waals surface area contributed by atoms with E-state index in [2.05, 4.69) is 55.4 Å². The summed E-state index contributed by atoms with van der Waals surface area (Å²) in [5.74, 6) is 0.818. The molecule has 534 valence electrons. The third kappa shape index (κ3) is 64.8. The smallest absolute Gasteiger partial charge is 0.462 e. The molecule has 3 N–H and O–H groups in total. The fourth-order valence-electron chi connectivity index (χ4n) is 10.7. The molecular formula is C71H138O17P2. The van der Waals surface area contributed by atoms with Crippen molar-refractivity contribution in [2.75, 3.05) is 39.6 Å². The fraction of sp³-hybridized carbons (Fsp3) is 0.944. The van der Waals surface area contributed by atoms with Crippen molar-refractivity contribution in [1.29, 1.82) is 0 Å². The molecule has 0 aromatic heterocycles. The number of ether oxygens (including phenoxy) is 4. The summed E-state index contributed by atoms with van der Waals surface area (Å²) in [7, 11) is -9.90. The van der Waals surface area contributed by atoms with Crippen molar-refractivity contribution >= 4 is 39.5 Å². The Hall–Kier alpha value is -1.94. The van der Waals surface area contributed by atoms with E-state index in [0.717, 1.165) is 115 Å². The van der Waals surface area contributed by atoms with Crippen LogP contribution in [0.3, 0.4) is 0 Å². The Morgan fingerprint density at radius 2 is 0.467 bits per heavy atom. The largest absolute Gasteiger partial charge is 0.472 e. The Kier molecular flexibility index (Phi) is 59.4. The number of phosphoric ester groups is 2. The van der Waals surface area contributed by atoms with E-state index in [1.807, 2.05) is 0 Å². The number of carbonyl (C=O) groups is 4. The maximum absolute atomic E-state index is 13.0. The van der Waals surface area contributed by atoms with Crippen molar-refractivity contribution in [3.8, 4) is 0 Å². The zero-order valence-corrected chi connectivity index (χ0v) is 60.6. The predicted molar refractivity (Wildman–Crippen MR) is 363 cm³/mol. The molecule has 0 rings (SSSR count). The monoisotopic (exact) mass is 1320 g/mol. The molecule has 0 aliphatic carbocycles. The Morgan fingerprint density at radius 3 is 0.689 bits per heavy atom. The highest BCUT2D eigenvalue weighted by molar-refractivity contribution is 7.47. The number of aliphatic hydroxyl groups excluding tert-OH is 1. The maximum atomic E-state index is 13.0. The van der Waals surface area contributed by atoms with Gasteiger partial charge in [-0.25, -0.2) is 9.13 Å². The van der Waals surface area contributed by atoms with Crippen LogP contribution in [0.4, 0.5) is 0 Å². The zero-order chi connectivity index (χ0) is 66.8. The van der Waals surface area contributed by atoms with Gasteiger partial charge in [0.2, 0.25) is 0 Å². The van der Waals surface area contributed by atoms with E-state index in [9.17, 15) is 43.2 Å². The van der Waals surface area contributed by atoms with E-state index in [-0.39, 0.29) is 25.7 Å². The lowest BCUT2D eigenvalue weighted by molar-refractivity contribution is -0.161. The van der Waals surface area contributed by atoms with Crippen LogP contribution >= 0.6 is 15.6 Å². The summed E-state index contributed by atoms with van der Waals surface area (Å²) >= 11 is 0. The number of unbranched alkanes of at least 4 members (excludes halogenated alkanes) is 34. The van der Waals surface area contributed by atoms with Crippen molar-refractivity contribution in [2.45, 2.75) is 369 Å². The average molecular weight is 1330 g/mol. The maximum Gasteiger partial charge on any atom is 0.472 e. The summed E-state index contributed by atoms with van der Waals surface area (Å²) in [6.07, 6.45) is 43.3. The molecule has 3 unspecified atom stereocenters. The molecule has 90 heavy (non-hydrogen) atoms. The molecule has 0 aromatic rings. The summed E-state index contributed by atoms with van der Waals surface area (Å²) in [5.41, 5.74) is 0. The van der Waals surface area contributed by atoms with E-state index in [4.69, 9.17) is 37.0 Å². The second-order valence-electron chi connectivity index (χ2n) is 27.5. The number of esters is 4. The quantitative estimate of drug-likeness (QED) is 0.0222. The first kappa shape index (κ1) is 88.1. The second kappa shape index (κ2) is 60.7. The standard InChI is InChI=1S/C71H138O17P2/c1-61(2)47-39-31-23-18-14-10-9-11-16-20-26-37-45-53-70(75)87-66(57-81-68(73)51-43-35-28-22-25-33-41-49-63(5)6)59-85-89(77,78)83-55-65(72)56-84-90(79,80)86-60-67(58-82-69(74)52-44-36-30-29-34-42-50-64(7)8)88-71(76)54-46-38-27-21-17-13-12-15-19-24-32-40-48-62(3)4/h61-67,72H,9-60H2,1-8H3,(H,77,78)(H,79,80)/t65?,66-,67-/m1/s1. The molecule has 0 saturated heterocycles. The van der Waals surface area contributed by atoms with Gasteiger partial charge in [0.1, 0.15) is 19.3 Å². The summed E-state index contributed by atoms with van der Waals surface area (Å²) < 4.78 is 68.3. The van der Waals surface area contributed by atoms with Gasteiger partial charge in [-0.2, -0.15) is 0 Å². The molecule has 0 aliphatic rings. The first-order valence-corrected chi connectivity index (χ1v) is 39.7. The molecule has 0 aromatic carbocycles. The van der Waals surface area contributed by atoms with Crippen LogP contribution in [0.15, 0.2) is 0 Å². The number of aliphatic hydroxyl groups is 1. The van der Waals surface area contributed by atoms with Crippen molar-refractivity contribution in [3.63, 3.8) is 0 Å². The van der Waals surface area contributed by atoms with Crippen LogP contribution in [-0.2, 0) is 65.4 Å². The molecule has 0 aliphatic heterocycles. The molecule has 0 bridgehead atoms. The zero-order valence-electron chi connectivity index (χ0n) is 58.8. The van der Waals surface area contributed by atoms with Gasteiger partial charge in [0.05, 0.1) is 26.4 Å². The molecule has 5 atom stereocenters.